The summed E-state index contributed by atoms with van der Waals surface area (Å²) >= 11 is 1.58. The van der Waals surface area contributed by atoms with E-state index in [-0.39, 0.29) is 0 Å². The Balaban J connectivity index is 2.17. The average molecular weight is 298 g/mol. The Labute approximate surface area is 131 Å². The monoisotopic (exact) mass is 298 g/mol. The molecule has 0 heterocycles. The molecular formula is C18H22N2S. The number of hydrogen-bond acceptors (Lipinski definition) is 3. The Morgan fingerprint density at radius 2 is 1.81 bits per heavy atom. The largest absolute Gasteiger partial charge is 0.397 e. The summed E-state index contributed by atoms with van der Waals surface area (Å²) in [6.45, 7) is 6.30. The van der Waals surface area contributed by atoms with Crippen molar-refractivity contribution in [2.24, 2.45) is 0 Å². The maximum atomic E-state index is 6.25. The van der Waals surface area contributed by atoms with E-state index in [2.05, 4.69) is 74.0 Å². The van der Waals surface area contributed by atoms with Crippen LogP contribution in [-0.2, 0) is 0 Å². The molecule has 0 spiro atoms. The van der Waals surface area contributed by atoms with E-state index in [9.17, 15) is 0 Å². The first-order valence-corrected chi connectivity index (χ1v) is 7.98. The van der Waals surface area contributed by atoms with Crippen molar-refractivity contribution in [2.45, 2.75) is 32.1 Å². The minimum Gasteiger partial charge on any atom is -0.397 e. The van der Waals surface area contributed by atoms with Crippen molar-refractivity contribution in [3.8, 4) is 0 Å². The van der Waals surface area contributed by atoms with Gasteiger partial charge < -0.3 is 10.5 Å². The van der Waals surface area contributed by atoms with Crippen LogP contribution >= 0.6 is 11.9 Å². The summed E-state index contributed by atoms with van der Waals surface area (Å²) in [5.41, 5.74) is 11.6. The summed E-state index contributed by atoms with van der Waals surface area (Å²) in [6, 6.07) is 12.6. The van der Waals surface area contributed by atoms with Gasteiger partial charge in [0, 0.05) is 4.90 Å². The Kier molecular flexibility index (Phi) is 5.34. The Hall–Kier alpha value is -1.87. The van der Waals surface area contributed by atoms with Crippen molar-refractivity contribution in [3.05, 3.63) is 59.2 Å². The van der Waals surface area contributed by atoms with Crippen LogP contribution in [0.3, 0.4) is 0 Å². The molecule has 3 heteroatoms. The molecule has 0 unspecified atom stereocenters. The van der Waals surface area contributed by atoms with Crippen LogP contribution in [0.5, 0.6) is 0 Å². The Bertz CT molecular complexity index is 630. The fraction of sp³-hybridized carbons (Fsp3) is 0.222. The predicted octanol–water partition coefficient (Wildman–Crippen LogP) is 5.43. The number of benzene rings is 2. The zero-order chi connectivity index (χ0) is 15.2. The van der Waals surface area contributed by atoms with Gasteiger partial charge in [-0.25, -0.2) is 0 Å². The summed E-state index contributed by atoms with van der Waals surface area (Å²) in [7, 11) is 0. The number of aryl methyl sites for hydroxylation is 2. The number of nitrogens with two attached hydrogens (primary N) is 1. The normalized spacial score (nSPS) is 11.0. The van der Waals surface area contributed by atoms with Crippen LogP contribution in [0, 0.1) is 13.8 Å². The zero-order valence-electron chi connectivity index (χ0n) is 12.8. The predicted molar refractivity (Wildman–Crippen MR) is 95.6 cm³/mol. The topological polar surface area (TPSA) is 38.0 Å². The summed E-state index contributed by atoms with van der Waals surface area (Å²) in [5.74, 6) is 0. The van der Waals surface area contributed by atoms with Gasteiger partial charge in [0.25, 0.3) is 0 Å². The highest BCUT2D eigenvalue weighted by Crippen LogP contribution is 2.30. The molecule has 0 aliphatic carbocycles. The highest BCUT2D eigenvalue weighted by molar-refractivity contribution is 8.00. The first kappa shape index (κ1) is 15.5. The molecule has 21 heavy (non-hydrogen) atoms. The second-order valence-electron chi connectivity index (χ2n) is 5.14. The smallest absolute Gasteiger partial charge is 0.0684 e. The maximum Gasteiger partial charge on any atom is 0.0684 e. The molecule has 2 nitrogen and oxygen atoms in total. The van der Waals surface area contributed by atoms with E-state index in [1.807, 2.05) is 0 Å². The number of anilines is 2. The summed E-state index contributed by atoms with van der Waals surface area (Å²) in [4.78, 5) is 1.17. The number of hydrogen-bond donors (Lipinski definition) is 2. The molecular weight excluding hydrogens is 276 g/mol. The average Bonchev–Trinajstić information content (AvgIpc) is 2.48. The van der Waals surface area contributed by atoms with E-state index in [0.29, 0.717) is 0 Å². The van der Waals surface area contributed by atoms with Gasteiger partial charge in [0.1, 0.15) is 0 Å². The molecule has 0 radical (unpaired) electrons. The molecule has 0 aliphatic rings. The molecule has 0 fully saturated rings. The lowest BCUT2D eigenvalue weighted by molar-refractivity contribution is 1.23. The van der Waals surface area contributed by atoms with E-state index in [1.54, 1.807) is 11.9 Å². The minimum atomic E-state index is 0.796. The van der Waals surface area contributed by atoms with Crippen molar-refractivity contribution in [1.29, 1.82) is 0 Å². The minimum absolute atomic E-state index is 0.796. The van der Waals surface area contributed by atoms with Crippen LogP contribution in [0.2, 0.25) is 0 Å². The van der Waals surface area contributed by atoms with Crippen LogP contribution in [-0.4, -0.2) is 0 Å². The third-order valence-corrected chi connectivity index (χ3v) is 4.02. The first-order chi connectivity index (χ1) is 10.1. The number of nitrogen functional groups attached to an aromatic ring is 1. The Morgan fingerprint density at radius 1 is 1.10 bits per heavy atom. The lowest BCUT2D eigenvalue weighted by Crippen LogP contribution is -1.98. The van der Waals surface area contributed by atoms with Gasteiger partial charge in [-0.3, -0.25) is 0 Å². The molecule has 0 amide bonds. The van der Waals surface area contributed by atoms with Crippen LogP contribution in [0.4, 0.5) is 11.4 Å². The molecule has 3 N–H and O–H groups in total. The number of allylic oxidation sites excluding steroid dienone is 1. The molecule has 2 aromatic rings. The highest BCUT2D eigenvalue weighted by atomic mass is 32.2. The van der Waals surface area contributed by atoms with E-state index < -0.39 is 0 Å². The second-order valence-corrected chi connectivity index (χ2v) is 6.02. The van der Waals surface area contributed by atoms with Crippen molar-refractivity contribution in [3.63, 3.8) is 0 Å². The molecule has 2 aromatic carbocycles. The molecule has 0 saturated heterocycles. The second kappa shape index (κ2) is 7.23. The van der Waals surface area contributed by atoms with E-state index in [1.165, 1.54) is 16.0 Å². The lowest BCUT2D eigenvalue weighted by Gasteiger charge is -2.12. The Morgan fingerprint density at radius 3 is 2.48 bits per heavy atom. The van der Waals surface area contributed by atoms with Crippen molar-refractivity contribution in [2.75, 3.05) is 10.5 Å². The molecule has 0 atom stereocenters. The summed E-state index contributed by atoms with van der Waals surface area (Å²) < 4.78 is 3.36. The molecule has 0 bridgehead atoms. The van der Waals surface area contributed by atoms with E-state index in [4.69, 9.17) is 5.73 Å². The van der Waals surface area contributed by atoms with Crippen LogP contribution in [0.1, 0.15) is 30.0 Å². The van der Waals surface area contributed by atoms with Gasteiger partial charge in [-0.1, -0.05) is 36.8 Å². The molecule has 0 saturated carbocycles. The SMILES string of the molecule is CC/C=C\c1cc(C)cc(NSc2ccc(C)cc2)c1N. The molecule has 110 valence electrons. The fourth-order valence-corrected chi connectivity index (χ4v) is 2.68. The van der Waals surface area contributed by atoms with Gasteiger partial charge in [-0.05, 0) is 67.6 Å². The van der Waals surface area contributed by atoms with Crippen LogP contribution in [0.25, 0.3) is 6.08 Å². The van der Waals surface area contributed by atoms with Gasteiger partial charge in [-0.15, -0.1) is 0 Å². The zero-order valence-corrected chi connectivity index (χ0v) is 13.6. The highest BCUT2D eigenvalue weighted by Gasteiger charge is 2.05. The standard InChI is InChI=1S/C18H22N2S/c1-4-5-6-15-11-14(3)12-17(18(15)19)20-21-16-9-7-13(2)8-10-16/h5-12,20H,4,19H2,1-3H3/b6-5-. The lowest BCUT2D eigenvalue weighted by atomic mass is 10.1. The van der Waals surface area contributed by atoms with Crippen LogP contribution in [0.15, 0.2) is 47.4 Å². The first-order valence-electron chi connectivity index (χ1n) is 7.16. The number of nitrogens with one attached hydrogen (secondary N) is 1. The summed E-state index contributed by atoms with van der Waals surface area (Å²) in [5, 5.41) is 0. The molecule has 2 rings (SSSR count). The third kappa shape index (κ3) is 4.30. The van der Waals surface area contributed by atoms with Crippen molar-refractivity contribution >= 4 is 29.4 Å². The molecule has 0 aromatic heterocycles. The van der Waals surface area contributed by atoms with Crippen molar-refractivity contribution < 1.29 is 0 Å². The van der Waals surface area contributed by atoms with E-state index in [0.717, 1.165) is 23.4 Å². The van der Waals surface area contributed by atoms with Crippen LogP contribution < -0.4 is 10.5 Å². The quantitative estimate of drug-likeness (QED) is 0.571. The van der Waals surface area contributed by atoms with E-state index >= 15 is 0 Å². The van der Waals surface area contributed by atoms with Gasteiger partial charge in [-0.2, -0.15) is 0 Å². The van der Waals surface area contributed by atoms with Crippen molar-refractivity contribution in [1.82, 2.24) is 0 Å². The fourth-order valence-electron chi connectivity index (χ4n) is 2.01. The third-order valence-electron chi connectivity index (χ3n) is 3.19. The van der Waals surface area contributed by atoms with Gasteiger partial charge >= 0.3 is 0 Å². The van der Waals surface area contributed by atoms with Gasteiger partial charge in [0.05, 0.1) is 11.4 Å². The molecule has 0 aliphatic heterocycles. The summed E-state index contributed by atoms with van der Waals surface area (Å²) in [6.07, 6.45) is 5.22. The van der Waals surface area contributed by atoms with Gasteiger partial charge in [0.15, 0.2) is 0 Å². The maximum absolute atomic E-state index is 6.25. The van der Waals surface area contributed by atoms with Gasteiger partial charge in [0.2, 0.25) is 0 Å². The number of rotatable bonds is 5.